The molecule has 1 aliphatic rings. The molecular weight excluding hydrogens is 306 g/mol. The van der Waals surface area contributed by atoms with Gasteiger partial charge in [-0.3, -0.25) is 9.05 Å². The van der Waals surface area contributed by atoms with Gasteiger partial charge >= 0.3 is 7.82 Å². The molecular formula is C10H20BO5PS2. The van der Waals surface area contributed by atoms with Crippen molar-refractivity contribution in [2.45, 2.75) is 44.9 Å². The summed E-state index contributed by atoms with van der Waals surface area (Å²) in [6, 6.07) is -0.431. The molecule has 9 heteroatoms. The molecule has 0 aromatic carbocycles. The lowest BCUT2D eigenvalue weighted by Crippen LogP contribution is -2.25. The summed E-state index contributed by atoms with van der Waals surface area (Å²) in [6.07, 6.45) is 0.883. The van der Waals surface area contributed by atoms with Crippen molar-refractivity contribution in [2.75, 3.05) is 18.1 Å². The molecule has 1 fully saturated rings. The molecule has 19 heavy (non-hydrogen) atoms. The van der Waals surface area contributed by atoms with Crippen molar-refractivity contribution >= 4 is 37.3 Å². The molecule has 0 bridgehead atoms. The van der Waals surface area contributed by atoms with E-state index in [2.05, 4.69) is 0 Å². The van der Waals surface area contributed by atoms with Crippen LogP contribution in [0.15, 0.2) is 0 Å². The summed E-state index contributed by atoms with van der Waals surface area (Å²) in [5.41, 5.74) is 0. The fourth-order valence-electron chi connectivity index (χ4n) is 1.48. The Kier molecular flexibility index (Phi) is 8.45. The maximum Gasteiger partial charge on any atom is 0.472 e. The number of hydrogen-bond donors (Lipinski definition) is 1. The Morgan fingerprint density at radius 2 is 2.26 bits per heavy atom. The van der Waals surface area contributed by atoms with Crippen LogP contribution in [0, 0.1) is 0 Å². The van der Waals surface area contributed by atoms with Crippen LogP contribution in [0.3, 0.4) is 0 Å². The third-order valence-electron chi connectivity index (χ3n) is 2.43. The largest absolute Gasteiger partial charge is 0.472 e. The molecule has 1 aliphatic heterocycles. The number of phosphoric acid groups is 1. The standard InChI is InChI=1S/C10H20BO5PS2/c1-3-9(15-8(2)11)6-14-17(12,13)16-10-4-5-18-19-7-10/h8-10H,3-7H2,1-2H3,(H,12,13). The molecule has 1 N–H and O–H groups in total. The van der Waals surface area contributed by atoms with Crippen LogP contribution in [-0.2, 0) is 18.3 Å². The predicted octanol–water partition coefficient (Wildman–Crippen LogP) is 2.58. The van der Waals surface area contributed by atoms with Crippen LogP contribution in [0.2, 0.25) is 0 Å². The van der Waals surface area contributed by atoms with Crippen LogP contribution in [0.5, 0.6) is 0 Å². The Labute approximate surface area is 124 Å². The van der Waals surface area contributed by atoms with Gasteiger partial charge in [0.25, 0.3) is 0 Å². The van der Waals surface area contributed by atoms with E-state index in [-0.39, 0.29) is 18.8 Å². The molecule has 5 nitrogen and oxygen atoms in total. The molecule has 110 valence electrons. The average molecular weight is 326 g/mol. The lowest BCUT2D eigenvalue weighted by molar-refractivity contribution is -0.00577. The van der Waals surface area contributed by atoms with Gasteiger partial charge in [0.2, 0.25) is 0 Å². The van der Waals surface area contributed by atoms with Gasteiger partial charge in [0, 0.05) is 17.5 Å². The fraction of sp³-hybridized carbons (Fsp3) is 1.00. The summed E-state index contributed by atoms with van der Waals surface area (Å²) < 4.78 is 27.3. The smallest absolute Gasteiger partial charge is 0.383 e. The molecule has 0 amide bonds. The predicted molar refractivity (Wildman–Crippen MR) is 80.6 cm³/mol. The van der Waals surface area contributed by atoms with Crippen LogP contribution in [0.4, 0.5) is 0 Å². The summed E-state index contributed by atoms with van der Waals surface area (Å²) in [6.45, 7) is 3.60. The Hall–Kier alpha value is 0.835. The van der Waals surface area contributed by atoms with E-state index in [4.69, 9.17) is 21.6 Å². The van der Waals surface area contributed by atoms with Gasteiger partial charge in [-0.1, -0.05) is 28.5 Å². The summed E-state index contributed by atoms with van der Waals surface area (Å²) in [5.74, 6) is 1.62. The monoisotopic (exact) mass is 326 g/mol. The van der Waals surface area contributed by atoms with E-state index in [1.807, 2.05) is 6.92 Å². The van der Waals surface area contributed by atoms with Crippen molar-refractivity contribution in [1.29, 1.82) is 0 Å². The maximum atomic E-state index is 11.8. The summed E-state index contributed by atoms with van der Waals surface area (Å²) in [4.78, 5) is 9.65. The first kappa shape index (κ1) is 17.9. The van der Waals surface area contributed by atoms with Crippen molar-refractivity contribution in [3.63, 3.8) is 0 Å². The highest BCUT2D eigenvalue weighted by Gasteiger charge is 2.29. The number of hydrogen-bond acceptors (Lipinski definition) is 6. The second kappa shape index (κ2) is 8.98. The maximum absolute atomic E-state index is 11.8. The summed E-state index contributed by atoms with van der Waals surface area (Å²) >= 11 is 0. The molecule has 1 heterocycles. The quantitative estimate of drug-likeness (QED) is 0.418. The van der Waals surface area contributed by atoms with E-state index in [0.717, 1.165) is 12.2 Å². The van der Waals surface area contributed by atoms with E-state index in [0.29, 0.717) is 12.2 Å². The van der Waals surface area contributed by atoms with E-state index >= 15 is 0 Å². The van der Waals surface area contributed by atoms with Gasteiger partial charge in [0.05, 0.1) is 18.8 Å². The lowest BCUT2D eigenvalue weighted by atomic mass is 10.0. The highest BCUT2D eigenvalue weighted by atomic mass is 33.1. The van der Waals surface area contributed by atoms with Crippen molar-refractivity contribution in [2.24, 2.45) is 0 Å². The van der Waals surface area contributed by atoms with Gasteiger partial charge in [-0.25, -0.2) is 4.57 Å². The van der Waals surface area contributed by atoms with Crippen LogP contribution >= 0.6 is 29.4 Å². The Morgan fingerprint density at radius 1 is 1.53 bits per heavy atom. The zero-order valence-corrected chi connectivity index (χ0v) is 13.7. The van der Waals surface area contributed by atoms with Gasteiger partial charge in [0.1, 0.15) is 7.85 Å². The molecule has 0 aliphatic carbocycles. The Balaban J connectivity index is 2.33. The van der Waals surface area contributed by atoms with E-state index in [1.54, 1.807) is 28.5 Å². The number of rotatable bonds is 8. The Bertz CT molecular complexity index is 302. The van der Waals surface area contributed by atoms with Gasteiger partial charge in [-0.15, -0.1) is 0 Å². The number of phosphoric ester groups is 1. The average Bonchev–Trinajstić information content (AvgIpc) is 2.34. The molecule has 1 saturated heterocycles. The topological polar surface area (TPSA) is 65.0 Å². The van der Waals surface area contributed by atoms with Gasteiger partial charge in [0.15, 0.2) is 0 Å². The summed E-state index contributed by atoms with van der Waals surface area (Å²) in [7, 11) is 4.88. The first-order valence-corrected chi connectivity index (χ1v) is 10.2. The van der Waals surface area contributed by atoms with E-state index in [9.17, 15) is 9.46 Å². The van der Waals surface area contributed by atoms with Crippen molar-refractivity contribution in [3.8, 4) is 0 Å². The van der Waals surface area contributed by atoms with Crippen LogP contribution in [-0.4, -0.2) is 49.1 Å². The van der Waals surface area contributed by atoms with Crippen LogP contribution in [0.25, 0.3) is 0 Å². The van der Waals surface area contributed by atoms with E-state index in [1.165, 1.54) is 0 Å². The lowest BCUT2D eigenvalue weighted by Gasteiger charge is -2.25. The fourth-order valence-corrected chi connectivity index (χ4v) is 4.90. The van der Waals surface area contributed by atoms with Crippen LogP contribution in [0.1, 0.15) is 26.7 Å². The van der Waals surface area contributed by atoms with Gasteiger partial charge in [-0.2, -0.15) is 0 Å². The number of ether oxygens (including phenoxy) is 1. The molecule has 0 aromatic heterocycles. The highest BCUT2D eigenvalue weighted by molar-refractivity contribution is 8.76. The first-order chi connectivity index (χ1) is 8.93. The van der Waals surface area contributed by atoms with Gasteiger partial charge < -0.3 is 9.63 Å². The first-order valence-electron chi connectivity index (χ1n) is 6.24. The minimum absolute atomic E-state index is 0.000427. The van der Waals surface area contributed by atoms with Crippen LogP contribution < -0.4 is 0 Å². The SMILES string of the molecule is [B]C(C)OC(CC)COP(=O)(O)OC1CCSSC1. The van der Waals surface area contributed by atoms with Crippen molar-refractivity contribution in [1.82, 2.24) is 0 Å². The van der Waals surface area contributed by atoms with Gasteiger partial charge in [-0.05, 0) is 19.8 Å². The molecule has 0 spiro atoms. The second-order valence-electron chi connectivity index (χ2n) is 4.26. The van der Waals surface area contributed by atoms with Crippen molar-refractivity contribution in [3.05, 3.63) is 0 Å². The highest BCUT2D eigenvalue weighted by Crippen LogP contribution is 2.47. The minimum atomic E-state index is -4.01. The minimum Gasteiger partial charge on any atom is -0.383 e. The zero-order chi connectivity index (χ0) is 14.3. The molecule has 4 atom stereocenters. The third kappa shape index (κ3) is 8.00. The molecule has 1 rings (SSSR count). The third-order valence-corrected chi connectivity index (χ3v) is 5.95. The molecule has 2 radical (unpaired) electrons. The normalized spacial score (nSPS) is 26.6. The molecule has 4 unspecified atom stereocenters. The second-order valence-corrected chi connectivity index (χ2v) is 8.29. The van der Waals surface area contributed by atoms with Crippen molar-refractivity contribution < 1.29 is 23.2 Å². The molecule has 0 aromatic rings. The molecule has 0 saturated carbocycles. The Morgan fingerprint density at radius 3 is 2.79 bits per heavy atom. The zero-order valence-electron chi connectivity index (χ0n) is 11.2. The van der Waals surface area contributed by atoms with E-state index < -0.39 is 13.8 Å². The summed E-state index contributed by atoms with van der Waals surface area (Å²) in [5, 5.41) is 0.